The van der Waals surface area contributed by atoms with Crippen LogP contribution in [0.2, 0.25) is 0 Å². The van der Waals surface area contributed by atoms with Crippen LogP contribution in [0.5, 0.6) is 0 Å². The van der Waals surface area contributed by atoms with E-state index in [1.54, 1.807) is 4.57 Å². The van der Waals surface area contributed by atoms with E-state index in [1.807, 2.05) is 75.5 Å². The molecule has 5 nitrogen and oxygen atoms in total. The Morgan fingerprint density at radius 1 is 1.03 bits per heavy atom. The van der Waals surface area contributed by atoms with Gasteiger partial charge in [0, 0.05) is 5.69 Å². The standard InChI is InChI=1S/C24H23N3O2S2/c1-14-5-7-16(3)19(11-14)25-21(28)13-31-24-26-18-9-10-30-22(18)23(29)27(24)20-12-15(2)6-8-17(20)4/h5-12H,13H2,1-4H3,(H,25,28). The van der Waals surface area contributed by atoms with Crippen molar-refractivity contribution in [1.29, 1.82) is 0 Å². The van der Waals surface area contributed by atoms with Crippen LogP contribution in [0.4, 0.5) is 5.69 Å². The summed E-state index contributed by atoms with van der Waals surface area (Å²) in [7, 11) is 0. The van der Waals surface area contributed by atoms with Gasteiger partial charge < -0.3 is 5.32 Å². The molecule has 2 aromatic heterocycles. The number of aryl methyl sites for hydroxylation is 4. The molecular formula is C24H23N3O2S2. The molecule has 7 heteroatoms. The Bertz CT molecular complexity index is 1350. The van der Waals surface area contributed by atoms with Crippen LogP contribution in [-0.2, 0) is 4.79 Å². The average molecular weight is 450 g/mol. The van der Waals surface area contributed by atoms with Gasteiger partial charge in [-0.05, 0) is 73.5 Å². The van der Waals surface area contributed by atoms with Crippen LogP contribution in [0.3, 0.4) is 0 Å². The minimum Gasteiger partial charge on any atom is -0.325 e. The van der Waals surface area contributed by atoms with Crippen LogP contribution in [0.1, 0.15) is 22.3 Å². The summed E-state index contributed by atoms with van der Waals surface area (Å²) < 4.78 is 2.25. The summed E-state index contributed by atoms with van der Waals surface area (Å²) in [6.07, 6.45) is 0. The molecule has 0 radical (unpaired) electrons. The predicted octanol–water partition coefficient (Wildman–Crippen LogP) is 5.41. The monoisotopic (exact) mass is 449 g/mol. The maximum absolute atomic E-state index is 13.3. The van der Waals surface area contributed by atoms with Crippen molar-refractivity contribution in [2.75, 3.05) is 11.1 Å². The number of amides is 1. The Kier molecular flexibility index (Phi) is 5.98. The van der Waals surface area contributed by atoms with Crippen LogP contribution in [-0.4, -0.2) is 21.2 Å². The van der Waals surface area contributed by atoms with E-state index in [-0.39, 0.29) is 17.2 Å². The molecule has 4 rings (SSSR count). The molecule has 0 atom stereocenters. The number of nitrogens with one attached hydrogen (secondary N) is 1. The molecule has 4 aromatic rings. The van der Waals surface area contributed by atoms with Crippen molar-refractivity contribution in [1.82, 2.24) is 9.55 Å². The highest BCUT2D eigenvalue weighted by atomic mass is 32.2. The summed E-state index contributed by atoms with van der Waals surface area (Å²) in [6, 6.07) is 13.8. The molecule has 2 aromatic carbocycles. The lowest BCUT2D eigenvalue weighted by molar-refractivity contribution is -0.113. The van der Waals surface area contributed by atoms with Crippen LogP contribution in [0, 0.1) is 27.7 Å². The van der Waals surface area contributed by atoms with Gasteiger partial charge in [-0.15, -0.1) is 11.3 Å². The molecule has 0 unspecified atom stereocenters. The Labute approximate surface area is 189 Å². The van der Waals surface area contributed by atoms with Gasteiger partial charge in [-0.25, -0.2) is 4.98 Å². The summed E-state index contributed by atoms with van der Waals surface area (Å²) in [5, 5.41) is 5.36. The largest absolute Gasteiger partial charge is 0.325 e. The van der Waals surface area contributed by atoms with E-state index in [0.29, 0.717) is 15.4 Å². The molecule has 0 bridgehead atoms. The fourth-order valence-corrected chi connectivity index (χ4v) is 4.91. The summed E-state index contributed by atoms with van der Waals surface area (Å²) in [4.78, 5) is 30.7. The Hall–Kier alpha value is -2.90. The number of rotatable bonds is 5. The molecule has 158 valence electrons. The minimum absolute atomic E-state index is 0.105. The number of nitrogens with zero attached hydrogens (tertiary/aromatic N) is 2. The lowest BCUT2D eigenvalue weighted by Crippen LogP contribution is -2.23. The van der Waals surface area contributed by atoms with Gasteiger partial charge in [-0.1, -0.05) is 36.0 Å². The summed E-state index contributed by atoms with van der Waals surface area (Å²) in [5.41, 5.74) is 6.29. The van der Waals surface area contributed by atoms with Crippen LogP contribution in [0.15, 0.2) is 57.8 Å². The second kappa shape index (κ2) is 8.69. The smallest absolute Gasteiger partial charge is 0.276 e. The summed E-state index contributed by atoms with van der Waals surface area (Å²) in [6.45, 7) is 7.93. The number of thiophene rings is 1. The Morgan fingerprint density at radius 2 is 1.74 bits per heavy atom. The average Bonchev–Trinajstić information content (AvgIpc) is 3.20. The lowest BCUT2D eigenvalue weighted by Gasteiger charge is -2.15. The first-order chi connectivity index (χ1) is 14.8. The van der Waals surface area contributed by atoms with Crippen molar-refractivity contribution in [3.63, 3.8) is 0 Å². The van der Waals surface area contributed by atoms with E-state index >= 15 is 0 Å². The molecule has 0 aliphatic heterocycles. The van der Waals surface area contributed by atoms with Crippen molar-refractivity contribution in [3.05, 3.63) is 80.5 Å². The summed E-state index contributed by atoms with van der Waals surface area (Å²) in [5.74, 6) is 0.0197. The number of carbonyl (C=O) groups is 1. The highest BCUT2D eigenvalue weighted by molar-refractivity contribution is 7.99. The zero-order chi connectivity index (χ0) is 22.1. The third kappa shape index (κ3) is 4.43. The second-order valence-corrected chi connectivity index (χ2v) is 9.47. The van der Waals surface area contributed by atoms with E-state index in [9.17, 15) is 9.59 Å². The topological polar surface area (TPSA) is 64.0 Å². The maximum atomic E-state index is 13.3. The van der Waals surface area contributed by atoms with Gasteiger partial charge in [0.15, 0.2) is 5.16 Å². The molecule has 0 fully saturated rings. The van der Waals surface area contributed by atoms with Gasteiger partial charge in [-0.3, -0.25) is 14.2 Å². The van der Waals surface area contributed by atoms with E-state index in [4.69, 9.17) is 4.98 Å². The predicted molar refractivity (Wildman–Crippen MR) is 130 cm³/mol. The van der Waals surface area contributed by atoms with Crippen molar-refractivity contribution in [3.8, 4) is 5.69 Å². The van der Waals surface area contributed by atoms with Crippen LogP contribution in [0.25, 0.3) is 15.9 Å². The molecule has 31 heavy (non-hydrogen) atoms. The van der Waals surface area contributed by atoms with Gasteiger partial charge in [0.25, 0.3) is 5.56 Å². The van der Waals surface area contributed by atoms with Gasteiger partial charge >= 0.3 is 0 Å². The molecule has 2 heterocycles. The fraction of sp³-hybridized carbons (Fsp3) is 0.208. The SMILES string of the molecule is Cc1ccc(C)c(NC(=O)CSc2nc3ccsc3c(=O)n2-c2cc(C)ccc2C)c1. The number of thioether (sulfide) groups is 1. The van der Waals surface area contributed by atoms with Crippen molar-refractivity contribution >= 4 is 44.9 Å². The molecule has 0 spiro atoms. The quantitative estimate of drug-likeness (QED) is 0.327. The van der Waals surface area contributed by atoms with Gasteiger partial charge in [0.05, 0.1) is 17.0 Å². The Balaban J connectivity index is 1.68. The number of aromatic nitrogens is 2. The number of carbonyl (C=O) groups excluding carboxylic acids is 1. The maximum Gasteiger partial charge on any atom is 0.276 e. The third-order valence-electron chi connectivity index (χ3n) is 5.05. The van der Waals surface area contributed by atoms with Gasteiger partial charge in [0.2, 0.25) is 5.91 Å². The number of hydrogen-bond donors (Lipinski definition) is 1. The first-order valence-electron chi connectivity index (χ1n) is 9.91. The number of anilines is 1. The number of hydrogen-bond acceptors (Lipinski definition) is 5. The molecule has 0 saturated heterocycles. The molecule has 0 aliphatic carbocycles. The van der Waals surface area contributed by atoms with Crippen LogP contribution < -0.4 is 10.9 Å². The van der Waals surface area contributed by atoms with E-state index in [0.717, 1.165) is 33.6 Å². The van der Waals surface area contributed by atoms with Gasteiger partial charge in [0.1, 0.15) is 4.70 Å². The normalized spacial score (nSPS) is 11.1. The number of fused-ring (bicyclic) bond motifs is 1. The fourth-order valence-electron chi connectivity index (χ4n) is 3.35. The zero-order valence-corrected chi connectivity index (χ0v) is 19.5. The second-order valence-electron chi connectivity index (χ2n) is 7.62. The first kappa shape index (κ1) is 21.3. The lowest BCUT2D eigenvalue weighted by atomic mass is 10.1. The molecule has 1 amide bonds. The highest BCUT2D eigenvalue weighted by Crippen LogP contribution is 2.26. The van der Waals surface area contributed by atoms with E-state index in [2.05, 4.69) is 5.32 Å². The number of benzene rings is 2. The molecule has 1 N–H and O–H groups in total. The molecule has 0 aliphatic rings. The van der Waals surface area contributed by atoms with Crippen molar-refractivity contribution < 1.29 is 4.79 Å². The Morgan fingerprint density at radius 3 is 2.52 bits per heavy atom. The van der Waals surface area contributed by atoms with Crippen molar-refractivity contribution in [2.24, 2.45) is 0 Å². The van der Waals surface area contributed by atoms with E-state index < -0.39 is 0 Å². The summed E-state index contributed by atoms with van der Waals surface area (Å²) >= 11 is 2.66. The van der Waals surface area contributed by atoms with E-state index in [1.165, 1.54) is 23.1 Å². The first-order valence-corrected chi connectivity index (χ1v) is 11.8. The third-order valence-corrected chi connectivity index (χ3v) is 6.88. The minimum atomic E-state index is -0.133. The van der Waals surface area contributed by atoms with Crippen molar-refractivity contribution in [2.45, 2.75) is 32.9 Å². The zero-order valence-electron chi connectivity index (χ0n) is 17.9. The van der Waals surface area contributed by atoms with Crippen LogP contribution >= 0.6 is 23.1 Å². The molecule has 0 saturated carbocycles. The molecular weight excluding hydrogens is 426 g/mol. The highest BCUT2D eigenvalue weighted by Gasteiger charge is 2.17. The van der Waals surface area contributed by atoms with Gasteiger partial charge in [-0.2, -0.15) is 0 Å².